The number of benzene rings is 1. The molecule has 0 aromatic heterocycles. The predicted molar refractivity (Wildman–Crippen MR) is 80.1 cm³/mol. The third-order valence-electron chi connectivity index (χ3n) is 3.26. The van der Waals surface area contributed by atoms with Crippen LogP contribution in [0.25, 0.3) is 0 Å². The molecule has 0 saturated carbocycles. The maximum Gasteiger partial charge on any atom is 0.227 e. The van der Waals surface area contributed by atoms with Gasteiger partial charge in [0.1, 0.15) is 0 Å². The van der Waals surface area contributed by atoms with Crippen molar-refractivity contribution in [3.05, 3.63) is 35.9 Å². The van der Waals surface area contributed by atoms with Crippen LogP contribution in [0, 0.1) is 5.92 Å². The fourth-order valence-electron chi connectivity index (χ4n) is 2.02. The second kappa shape index (κ2) is 8.30. The highest BCUT2D eigenvalue weighted by Gasteiger charge is 2.25. The molecule has 0 aliphatic heterocycles. The van der Waals surface area contributed by atoms with E-state index in [1.807, 2.05) is 30.3 Å². The van der Waals surface area contributed by atoms with Gasteiger partial charge in [-0.3, -0.25) is 4.79 Å². The molecule has 0 spiro atoms. The van der Waals surface area contributed by atoms with Gasteiger partial charge in [-0.1, -0.05) is 66.5 Å². The molecule has 2 atom stereocenters. The molecule has 2 nitrogen and oxygen atoms in total. The first kappa shape index (κ1) is 15.2. The van der Waals surface area contributed by atoms with Crippen LogP contribution >= 0.6 is 15.9 Å². The number of hydrogen-bond acceptors (Lipinski definition) is 1. The minimum absolute atomic E-state index is 0.0356. The fraction of sp³-hybridized carbons (Fsp3) is 0.533. The van der Waals surface area contributed by atoms with Crippen molar-refractivity contribution in [2.24, 2.45) is 5.92 Å². The Balaban J connectivity index is 2.76. The molecule has 0 aliphatic carbocycles. The van der Waals surface area contributed by atoms with Crippen LogP contribution in [0.15, 0.2) is 30.3 Å². The van der Waals surface area contributed by atoms with Gasteiger partial charge in [0.25, 0.3) is 0 Å². The molecule has 100 valence electrons. The summed E-state index contributed by atoms with van der Waals surface area (Å²) in [4.78, 5) is 12.3. The largest absolute Gasteiger partial charge is 0.356 e. The Morgan fingerprint density at radius 2 is 2.00 bits per heavy atom. The molecule has 3 heteroatoms. The number of carbonyl (C=O) groups excluding carboxylic acids is 1. The van der Waals surface area contributed by atoms with Gasteiger partial charge in [0.15, 0.2) is 0 Å². The second-order valence-corrected chi connectivity index (χ2v) is 5.40. The Hall–Kier alpha value is -0.830. The normalized spacial score (nSPS) is 13.9. The maximum absolute atomic E-state index is 12.3. The van der Waals surface area contributed by atoms with Gasteiger partial charge in [-0.15, -0.1) is 0 Å². The summed E-state index contributed by atoms with van der Waals surface area (Å²) in [6.07, 6.45) is 1.97. The summed E-state index contributed by atoms with van der Waals surface area (Å²) in [5, 5.41) is 3.95. The summed E-state index contributed by atoms with van der Waals surface area (Å²) < 4.78 is 0. The van der Waals surface area contributed by atoms with Gasteiger partial charge < -0.3 is 5.32 Å². The van der Waals surface area contributed by atoms with Crippen molar-refractivity contribution >= 4 is 21.8 Å². The van der Waals surface area contributed by atoms with Gasteiger partial charge in [-0.05, 0) is 17.9 Å². The standard InChI is InChI=1S/C15H22BrNO/c1-3-12(2)14(13-8-5-4-6-9-13)15(18)17-11-7-10-16/h4-6,8-9,12,14H,3,7,10-11H2,1-2H3,(H,17,18). The van der Waals surface area contributed by atoms with Crippen molar-refractivity contribution < 1.29 is 4.79 Å². The zero-order chi connectivity index (χ0) is 13.4. The summed E-state index contributed by atoms with van der Waals surface area (Å²) >= 11 is 3.37. The molecule has 18 heavy (non-hydrogen) atoms. The highest BCUT2D eigenvalue weighted by molar-refractivity contribution is 9.09. The van der Waals surface area contributed by atoms with Crippen LogP contribution < -0.4 is 5.32 Å². The van der Waals surface area contributed by atoms with Crippen LogP contribution in [0.4, 0.5) is 0 Å². The van der Waals surface area contributed by atoms with Crippen molar-refractivity contribution in [1.82, 2.24) is 5.32 Å². The SMILES string of the molecule is CCC(C)C(C(=O)NCCCBr)c1ccccc1. The molecule has 0 heterocycles. The maximum atomic E-state index is 12.3. The predicted octanol–water partition coefficient (Wildman–Crippen LogP) is 3.72. The molecule has 1 aromatic carbocycles. The van der Waals surface area contributed by atoms with Crippen molar-refractivity contribution in [3.8, 4) is 0 Å². The molecule has 1 N–H and O–H groups in total. The average molecular weight is 312 g/mol. The van der Waals surface area contributed by atoms with E-state index in [-0.39, 0.29) is 11.8 Å². The summed E-state index contributed by atoms with van der Waals surface area (Å²) in [5.41, 5.74) is 1.11. The Bertz CT molecular complexity index is 353. The van der Waals surface area contributed by atoms with E-state index < -0.39 is 0 Å². The monoisotopic (exact) mass is 311 g/mol. The van der Waals surface area contributed by atoms with E-state index in [0.29, 0.717) is 5.92 Å². The first-order valence-corrected chi connectivity index (χ1v) is 7.71. The molecule has 1 aromatic rings. The minimum Gasteiger partial charge on any atom is -0.356 e. The van der Waals surface area contributed by atoms with Gasteiger partial charge in [-0.25, -0.2) is 0 Å². The molecule has 0 saturated heterocycles. The number of halogens is 1. The molecule has 0 aliphatic rings. The van der Waals surface area contributed by atoms with Crippen LogP contribution in [0.5, 0.6) is 0 Å². The molecular formula is C15H22BrNO. The lowest BCUT2D eigenvalue weighted by Gasteiger charge is -2.22. The Labute approximate surface area is 118 Å². The lowest BCUT2D eigenvalue weighted by Crippen LogP contribution is -2.33. The summed E-state index contributed by atoms with van der Waals surface area (Å²) in [5.74, 6) is 0.472. The van der Waals surface area contributed by atoms with E-state index in [4.69, 9.17) is 0 Å². The van der Waals surface area contributed by atoms with Gasteiger partial charge >= 0.3 is 0 Å². The molecule has 1 rings (SSSR count). The smallest absolute Gasteiger partial charge is 0.227 e. The Morgan fingerprint density at radius 3 is 2.56 bits per heavy atom. The number of carbonyl (C=O) groups is 1. The van der Waals surface area contributed by atoms with E-state index in [2.05, 4.69) is 35.1 Å². The van der Waals surface area contributed by atoms with Gasteiger partial charge in [0.05, 0.1) is 5.92 Å². The molecule has 0 fully saturated rings. The number of nitrogens with one attached hydrogen (secondary N) is 1. The summed E-state index contributed by atoms with van der Waals surface area (Å²) in [6.45, 7) is 5.01. The van der Waals surface area contributed by atoms with E-state index in [1.54, 1.807) is 0 Å². The molecule has 0 radical (unpaired) electrons. The third-order valence-corrected chi connectivity index (χ3v) is 3.82. The molecular weight excluding hydrogens is 290 g/mol. The first-order valence-electron chi connectivity index (χ1n) is 6.59. The first-order chi connectivity index (χ1) is 8.70. The van der Waals surface area contributed by atoms with Crippen molar-refractivity contribution in [2.45, 2.75) is 32.6 Å². The van der Waals surface area contributed by atoms with Crippen LogP contribution in [0.3, 0.4) is 0 Å². The highest BCUT2D eigenvalue weighted by Crippen LogP contribution is 2.27. The zero-order valence-corrected chi connectivity index (χ0v) is 12.7. The van der Waals surface area contributed by atoms with Gasteiger partial charge in [0, 0.05) is 11.9 Å². The van der Waals surface area contributed by atoms with Crippen LogP contribution in [-0.2, 0) is 4.79 Å². The van der Waals surface area contributed by atoms with E-state index >= 15 is 0 Å². The van der Waals surface area contributed by atoms with Gasteiger partial charge in [-0.2, -0.15) is 0 Å². The Kier molecular flexibility index (Phi) is 7.02. The lowest BCUT2D eigenvalue weighted by atomic mass is 9.85. The highest BCUT2D eigenvalue weighted by atomic mass is 79.9. The summed E-state index contributed by atoms with van der Waals surface area (Å²) in [6, 6.07) is 10.1. The number of amides is 1. The quantitative estimate of drug-likeness (QED) is 0.603. The van der Waals surface area contributed by atoms with Crippen molar-refractivity contribution in [3.63, 3.8) is 0 Å². The van der Waals surface area contributed by atoms with Gasteiger partial charge in [0.2, 0.25) is 5.91 Å². The Morgan fingerprint density at radius 1 is 1.33 bits per heavy atom. The fourth-order valence-corrected chi connectivity index (χ4v) is 2.30. The second-order valence-electron chi connectivity index (χ2n) is 4.61. The molecule has 1 amide bonds. The number of hydrogen-bond donors (Lipinski definition) is 1. The topological polar surface area (TPSA) is 29.1 Å². The molecule has 2 unspecified atom stereocenters. The van der Waals surface area contributed by atoms with E-state index in [1.165, 1.54) is 0 Å². The van der Waals surface area contributed by atoms with Crippen molar-refractivity contribution in [2.75, 3.05) is 11.9 Å². The average Bonchev–Trinajstić information content (AvgIpc) is 2.40. The van der Waals surface area contributed by atoms with Crippen molar-refractivity contribution in [1.29, 1.82) is 0 Å². The number of rotatable bonds is 7. The van der Waals surface area contributed by atoms with E-state index in [9.17, 15) is 4.79 Å². The summed E-state index contributed by atoms with van der Waals surface area (Å²) in [7, 11) is 0. The minimum atomic E-state index is -0.0356. The zero-order valence-electron chi connectivity index (χ0n) is 11.2. The molecule has 0 bridgehead atoms. The number of alkyl halides is 1. The van der Waals surface area contributed by atoms with Crippen LogP contribution in [0.2, 0.25) is 0 Å². The van der Waals surface area contributed by atoms with E-state index in [0.717, 1.165) is 30.3 Å². The van der Waals surface area contributed by atoms with Crippen LogP contribution in [0.1, 0.15) is 38.2 Å². The van der Waals surface area contributed by atoms with Crippen LogP contribution in [-0.4, -0.2) is 17.8 Å². The third kappa shape index (κ3) is 4.45. The lowest BCUT2D eigenvalue weighted by molar-refractivity contribution is -0.123.